The highest BCUT2D eigenvalue weighted by Crippen LogP contribution is 2.40. The second kappa shape index (κ2) is 6.60. The lowest BCUT2D eigenvalue weighted by molar-refractivity contribution is 0.0963. The molecule has 0 saturated carbocycles. The molecule has 0 unspecified atom stereocenters. The lowest BCUT2D eigenvalue weighted by Crippen LogP contribution is -2.23. The van der Waals surface area contributed by atoms with Crippen LogP contribution in [0.4, 0.5) is 5.82 Å². The van der Waals surface area contributed by atoms with E-state index >= 15 is 0 Å². The van der Waals surface area contributed by atoms with Gasteiger partial charge in [-0.25, -0.2) is 14.6 Å². The molecule has 4 rings (SSSR count). The molecular formula is C19H19Cl2N7O. The van der Waals surface area contributed by atoms with E-state index in [0.717, 1.165) is 0 Å². The van der Waals surface area contributed by atoms with Crippen LogP contribution in [0.25, 0.3) is 33.3 Å². The van der Waals surface area contributed by atoms with Gasteiger partial charge in [-0.15, -0.1) is 0 Å². The van der Waals surface area contributed by atoms with E-state index in [9.17, 15) is 4.79 Å². The normalized spacial score (nSPS) is 12.1. The molecule has 29 heavy (non-hydrogen) atoms. The second-order valence-electron chi connectivity index (χ2n) is 7.66. The van der Waals surface area contributed by atoms with Crippen molar-refractivity contribution in [3.63, 3.8) is 0 Å². The molecule has 0 fully saturated rings. The Kier molecular flexibility index (Phi) is 4.43. The summed E-state index contributed by atoms with van der Waals surface area (Å²) in [5.74, 6) is 0.0172. The number of nitrogens with zero attached hydrogens (tertiary/aromatic N) is 4. The summed E-state index contributed by atoms with van der Waals surface area (Å²) >= 11 is 13.0. The van der Waals surface area contributed by atoms with Gasteiger partial charge in [-0.1, -0.05) is 23.2 Å². The zero-order valence-electron chi connectivity index (χ0n) is 16.3. The third-order valence-corrected chi connectivity index (χ3v) is 5.37. The first kappa shape index (κ1) is 19.5. The number of hydrogen-bond donors (Lipinski definition) is 3. The minimum Gasteiger partial charge on any atom is -0.383 e. The Bertz CT molecular complexity index is 1280. The summed E-state index contributed by atoms with van der Waals surface area (Å²) in [7, 11) is 1.55. The molecule has 4 N–H and O–H groups in total. The highest BCUT2D eigenvalue weighted by Gasteiger charge is 2.26. The van der Waals surface area contributed by atoms with Crippen LogP contribution in [-0.2, 0) is 5.54 Å². The van der Waals surface area contributed by atoms with E-state index in [1.807, 2.05) is 20.8 Å². The number of amides is 1. The van der Waals surface area contributed by atoms with Crippen LogP contribution in [0.3, 0.4) is 0 Å². The number of aromatic nitrogens is 5. The average molecular weight is 432 g/mol. The maximum atomic E-state index is 12.1. The first-order chi connectivity index (χ1) is 13.6. The van der Waals surface area contributed by atoms with E-state index in [1.54, 1.807) is 23.9 Å². The third-order valence-electron chi connectivity index (χ3n) is 4.66. The summed E-state index contributed by atoms with van der Waals surface area (Å²) in [6, 6.07) is 3.32. The Balaban J connectivity index is 2.04. The van der Waals surface area contributed by atoms with Crippen LogP contribution in [0.2, 0.25) is 10.0 Å². The molecule has 0 bridgehead atoms. The highest BCUT2D eigenvalue weighted by molar-refractivity contribution is 6.40. The van der Waals surface area contributed by atoms with Gasteiger partial charge >= 0.3 is 0 Å². The van der Waals surface area contributed by atoms with Crippen LogP contribution >= 0.6 is 23.2 Å². The van der Waals surface area contributed by atoms with Crippen LogP contribution in [0.5, 0.6) is 0 Å². The van der Waals surface area contributed by atoms with Gasteiger partial charge in [-0.2, -0.15) is 5.10 Å². The molecule has 3 heterocycles. The van der Waals surface area contributed by atoms with Crippen molar-refractivity contribution in [2.75, 3.05) is 12.8 Å². The molecule has 0 radical (unpaired) electrons. The molecule has 0 saturated heterocycles. The molecule has 8 nitrogen and oxygen atoms in total. The highest BCUT2D eigenvalue weighted by atomic mass is 35.5. The smallest absolute Gasteiger partial charge is 0.252 e. The van der Waals surface area contributed by atoms with E-state index in [0.29, 0.717) is 54.8 Å². The molecule has 4 aromatic rings. The molecule has 0 aliphatic carbocycles. The molecule has 0 aliphatic rings. The van der Waals surface area contributed by atoms with Gasteiger partial charge in [0.05, 0.1) is 32.2 Å². The zero-order valence-corrected chi connectivity index (χ0v) is 17.8. The summed E-state index contributed by atoms with van der Waals surface area (Å²) in [5.41, 5.74) is 8.53. The number of halogens is 2. The largest absolute Gasteiger partial charge is 0.383 e. The van der Waals surface area contributed by atoms with E-state index in [1.165, 1.54) is 6.33 Å². The number of carbonyl (C=O) groups is 1. The number of rotatable bonds is 2. The summed E-state index contributed by atoms with van der Waals surface area (Å²) in [6.07, 6.45) is 1.41. The van der Waals surface area contributed by atoms with E-state index in [4.69, 9.17) is 34.0 Å². The van der Waals surface area contributed by atoms with Gasteiger partial charge in [-0.05, 0) is 32.9 Å². The molecule has 3 aromatic heterocycles. The molecule has 1 aromatic carbocycles. The first-order valence-corrected chi connectivity index (χ1v) is 9.62. The van der Waals surface area contributed by atoms with Crippen LogP contribution in [-0.4, -0.2) is 37.7 Å². The lowest BCUT2D eigenvalue weighted by atomic mass is 10.1. The molecule has 10 heteroatoms. The predicted octanol–water partition coefficient (Wildman–Crippen LogP) is 3.98. The Morgan fingerprint density at radius 2 is 1.97 bits per heavy atom. The molecule has 150 valence electrons. The van der Waals surface area contributed by atoms with Gasteiger partial charge < -0.3 is 16.0 Å². The van der Waals surface area contributed by atoms with E-state index in [2.05, 4.69) is 20.3 Å². The molecule has 1 amide bonds. The SMILES string of the molecule is CNC(=O)c1cc2[nH]c(-c3nn(C(C)(C)C)c4ncnc(N)c34)c(Cl)c2cc1Cl. The van der Waals surface area contributed by atoms with Gasteiger partial charge in [0.1, 0.15) is 17.8 Å². The predicted molar refractivity (Wildman–Crippen MR) is 115 cm³/mol. The number of hydrogen-bond acceptors (Lipinski definition) is 5. The van der Waals surface area contributed by atoms with Gasteiger partial charge in [0.25, 0.3) is 5.91 Å². The number of nitrogen functional groups attached to an aromatic ring is 1. The minimum absolute atomic E-state index is 0.288. The summed E-state index contributed by atoms with van der Waals surface area (Å²) in [5, 5.41) is 9.33. The second-order valence-corrected chi connectivity index (χ2v) is 8.44. The van der Waals surface area contributed by atoms with Gasteiger partial charge in [0.2, 0.25) is 0 Å². The van der Waals surface area contributed by atoms with Gasteiger partial charge in [-0.3, -0.25) is 4.79 Å². The van der Waals surface area contributed by atoms with Crippen molar-refractivity contribution < 1.29 is 4.79 Å². The Labute approximate surface area is 176 Å². The van der Waals surface area contributed by atoms with Gasteiger partial charge in [0, 0.05) is 18.0 Å². The first-order valence-electron chi connectivity index (χ1n) is 8.86. The Morgan fingerprint density at radius 1 is 1.24 bits per heavy atom. The van der Waals surface area contributed by atoms with Crippen molar-refractivity contribution in [2.24, 2.45) is 0 Å². The molecule has 0 atom stereocenters. The molecular weight excluding hydrogens is 413 g/mol. The number of nitrogens with one attached hydrogen (secondary N) is 2. The fraction of sp³-hybridized carbons (Fsp3) is 0.263. The summed E-state index contributed by atoms with van der Waals surface area (Å²) in [4.78, 5) is 23.8. The number of anilines is 1. The van der Waals surface area contributed by atoms with E-state index < -0.39 is 0 Å². The Morgan fingerprint density at radius 3 is 2.62 bits per heavy atom. The number of aromatic amines is 1. The number of nitrogens with two attached hydrogens (primary N) is 1. The summed E-state index contributed by atoms with van der Waals surface area (Å²) < 4.78 is 1.79. The monoisotopic (exact) mass is 431 g/mol. The van der Waals surface area contributed by atoms with Crippen LogP contribution in [0.1, 0.15) is 31.1 Å². The topological polar surface area (TPSA) is 115 Å². The van der Waals surface area contributed by atoms with Crippen molar-refractivity contribution in [1.29, 1.82) is 0 Å². The molecule has 0 aliphatic heterocycles. The Hall–Kier alpha value is -2.84. The zero-order chi connectivity index (χ0) is 21.1. The van der Waals surface area contributed by atoms with Crippen molar-refractivity contribution in [2.45, 2.75) is 26.3 Å². The van der Waals surface area contributed by atoms with Crippen LogP contribution < -0.4 is 11.1 Å². The van der Waals surface area contributed by atoms with Crippen molar-refractivity contribution in [1.82, 2.24) is 30.0 Å². The van der Waals surface area contributed by atoms with E-state index in [-0.39, 0.29) is 11.4 Å². The van der Waals surface area contributed by atoms with Crippen molar-refractivity contribution in [3.05, 3.63) is 34.1 Å². The summed E-state index contributed by atoms with van der Waals surface area (Å²) in [6.45, 7) is 6.05. The molecule has 0 spiro atoms. The maximum absolute atomic E-state index is 12.1. The van der Waals surface area contributed by atoms with Crippen LogP contribution in [0, 0.1) is 0 Å². The van der Waals surface area contributed by atoms with Gasteiger partial charge in [0.15, 0.2) is 5.65 Å². The quantitative estimate of drug-likeness (QED) is 0.443. The standard InChI is InChI=1S/C19H19Cl2N7O/c1-19(2,3)28-17-12(16(22)24-7-25-17)14(27-28)15-13(21)9-5-10(20)8(18(29)23-4)6-11(9)26-15/h5-7,26H,1-4H3,(H,23,29)(H2,22,24,25). The number of carbonyl (C=O) groups excluding carboxylic acids is 1. The van der Waals surface area contributed by atoms with Crippen molar-refractivity contribution in [3.8, 4) is 11.4 Å². The number of H-pyrrole nitrogens is 1. The number of benzene rings is 1. The van der Waals surface area contributed by atoms with Crippen molar-refractivity contribution >= 4 is 56.9 Å². The minimum atomic E-state index is -0.342. The van der Waals surface area contributed by atoms with Crippen LogP contribution in [0.15, 0.2) is 18.5 Å². The number of fused-ring (bicyclic) bond motifs is 2. The fourth-order valence-electron chi connectivity index (χ4n) is 3.27. The lowest BCUT2D eigenvalue weighted by Gasteiger charge is -2.19. The fourth-order valence-corrected chi connectivity index (χ4v) is 3.81. The maximum Gasteiger partial charge on any atom is 0.252 e. The third kappa shape index (κ3) is 2.99. The average Bonchev–Trinajstić information content (AvgIpc) is 3.20.